The van der Waals surface area contributed by atoms with Crippen LogP contribution in [-0.2, 0) is 10.8 Å². The van der Waals surface area contributed by atoms with E-state index >= 15 is 8.78 Å². The molecular formula is C76H118BrF2IN4S2. The topological polar surface area (TPSA) is 51.6 Å². The van der Waals surface area contributed by atoms with Crippen LogP contribution in [0.4, 0.5) is 8.78 Å². The number of halogens is 4. The molecule has 0 N–H and O–H groups in total. The van der Waals surface area contributed by atoms with Gasteiger partial charge in [0, 0.05) is 52.3 Å². The molecular weight excluding hydrogens is 1280 g/mol. The average molecular weight is 1400 g/mol. The summed E-state index contributed by atoms with van der Waals surface area (Å²) in [6, 6.07) is 4.56. The highest BCUT2D eigenvalue weighted by molar-refractivity contribution is 14.1. The summed E-state index contributed by atoms with van der Waals surface area (Å²) in [4.78, 5) is 0. The number of nitrogens with zero attached hydrogens (tertiary/aromatic N) is 4. The molecule has 0 unspecified atom stereocenters. The van der Waals surface area contributed by atoms with Crippen LogP contribution < -0.4 is 0 Å². The van der Waals surface area contributed by atoms with E-state index in [0.717, 1.165) is 129 Å². The summed E-state index contributed by atoms with van der Waals surface area (Å²) in [6.07, 6.45) is 64.1. The molecule has 0 fully saturated rings. The summed E-state index contributed by atoms with van der Waals surface area (Å²) >= 11 is 8.88. The van der Waals surface area contributed by atoms with Crippen molar-refractivity contribution in [1.82, 2.24) is 17.5 Å². The van der Waals surface area contributed by atoms with E-state index < -0.39 is 10.8 Å². The monoisotopic (exact) mass is 1390 g/mol. The zero-order valence-corrected chi connectivity index (χ0v) is 60.4. The maximum atomic E-state index is 19.9. The number of hydrogen-bond donors (Lipinski definition) is 0. The molecule has 10 heteroatoms. The van der Waals surface area contributed by atoms with Crippen molar-refractivity contribution >= 4 is 84.0 Å². The molecule has 0 atom stereocenters. The number of benzene rings is 3. The smallest absolute Gasteiger partial charge is 0.136 e. The van der Waals surface area contributed by atoms with Crippen molar-refractivity contribution in [3.05, 3.63) is 54.1 Å². The highest BCUT2D eigenvalue weighted by atomic mass is 127. The van der Waals surface area contributed by atoms with E-state index in [4.69, 9.17) is 17.5 Å². The molecule has 0 spiro atoms. The Kier molecular flexibility index (Phi) is 33.7. The Morgan fingerprint density at radius 2 is 0.558 bits per heavy atom. The van der Waals surface area contributed by atoms with Crippen LogP contribution in [0.2, 0.25) is 0 Å². The fourth-order valence-corrected chi connectivity index (χ4v) is 18.4. The van der Waals surface area contributed by atoms with Crippen molar-refractivity contribution < 1.29 is 8.78 Å². The van der Waals surface area contributed by atoms with Gasteiger partial charge in [-0.15, -0.1) is 0 Å². The molecule has 0 saturated carbocycles. The number of rotatable bonds is 52. The van der Waals surface area contributed by atoms with Crippen molar-refractivity contribution in [2.45, 2.75) is 372 Å². The molecule has 0 amide bonds. The maximum Gasteiger partial charge on any atom is 0.136 e. The summed E-state index contributed by atoms with van der Waals surface area (Å²) < 4.78 is 61.6. The van der Waals surface area contributed by atoms with Gasteiger partial charge in [0.1, 0.15) is 33.7 Å². The predicted octanol–water partition coefficient (Wildman–Crippen LogP) is 28.2. The van der Waals surface area contributed by atoms with E-state index in [-0.39, 0.29) is 11.6 Å². The fraction of sp³-hybridized carbons (Fsp3) is 0.763. The predicted molar refractivity (Wildman–Crippen MR) is 384 cm³/mol. The van der Waals surface area contributed by atoms with Gasteiger partial charge < -0.3 is 0 Å². The average Bonchev–Trinajstić information content (AvgIpc) is 1.52. The molecule has 0 radical (unpaired) electrons. The van der Waals surface area contributed by atoms with E-state index in [1.54, 1.807) is 0 Å². The van der Waals surface area contributed by atoms with Crippen LogP contribution in [0.25, 0.3) is 44.3 Å². The number of unbranched alkanes of at least 4 members (excludes halogenated alkanes) is 44. The Balaban J connectivity index is 1.24. The van der Waals surface area contributed by atoms with E-state index in [1.807, 2.05) is 0 Å². The van der Waals surface area contributed by atoms with E-state index in [1.165, 1.54) is 280 Å². The molecule has 482 valence electrons. The second-order valence-corrected chi connectivity index (χ2v) is 30.4. The van der Waals surface area contributed by atoms with Gasteiger partial charge in [0.05, 0.1) is 23.5 Å². The van der Waals surface area contributed by atoms with Gasteiger partial charge in [-0.25, -0.2) is 8.78 Å². The zero-order valence-electron chi connectivity index (χ0n) is 55.0. The first-order valence-corrected chi connectivity index (χ1v) is 40.1. The van der Waals surface area contributed by atoms with Crippen molar-refractivity contribution in [2.24, 2.45) is 0 Å². The van der Waals surface area contributed by atoms with E-state index in [2.05, 4.69) is 78.3 Å². The number of fused-ring (bicyclic) bond motifs is 10. The number of hydrogen-bond acceptors (Lipinski definition) is 6. The second-order valence-electron chi connectivity index (χ2n) is 27.3. The standard InChI is InChI=1S/C76H118BrF2IN4S2/c1-5-9-13-17-21-25-29-33-37-41-45-49-53-75(54-50-46-42-38-34-30-26-22-18-14-10-6-2)59-57-61(77)71-73(83-85-81-71)63(59)65-67(75)70(79)66-64-60(58-62(80)72-74(64)84-86-82-72)76(68(66)69(65)78,55-51-47-43-39-35-31-27-23-19-15-11-7-3)56-52-48-44-40-36-32-28-24-20-16-12-8-4/h57-58H,5-56H2,1-4H3. The van der Waals surface area contributed by atoms with E-state index in [9.17, 15) is 0 Å². The second kappa shape index (κ2) is 40.4. The lowest BCUT2D eigenvalue weighted by molar-refractivity contribution is 0.374. The van der Waals surface area contributed by atoms with Gasteiger partial charge in [0.15, 0.2) is 0 Å². The van der Waals surface area contributed by atoms with Gasteiger partial charge >= 0.3 is 0 Å². The quantitative estimate of drug-likeness (QED) is 0.0288. The van der Waals surface area contributed by atoms with Crippen LogP contribution in [0.3, 0.4) is 0 Å². The highest BCUT2D eigenvalue weighted by Gasteiger charge is 2.54. The zero-order chi connectivity index (χ0) is 60.7. The minimum Gasteiger partial charge on any atom is -0.206 e. The molecule has 4 nitrogen and oxygen atoms in total. The highest BCUT2D eigenvalue weighted by Crippen LogP contribution is 2.65. The van der Waals surface area contributed by atoms with Crippen molar-refractivity contribution in [3.8, 4) is 22.3 Å². The third-order valence-corrected chi connectivity index (χ3v) is 23.2. The van der Waals surface area contributed by atoms with Crippen LogP contribution in [0.1, 0.15) is 384 Å². The Hall–Kier alpha value is -1.63. The molecule has 2 heterocycles. The molecule has 3 aromatic carbocycles. The molecule has 2 aliphatic carbocycles. The summed E-state index contributed by atoms with van der Waals surface area (Å²) in [5.41, 5.74) is 7.75. The van der Waals surface area contributed by atoms with Crippen LogP contribution in [0.15, 0.2) is 16.6 Å². The Morgan fingerprint density at radius 1 is 0.326 bits per heavy atom. The summed E-state index contributed by atoms with van der Waals surface area (Å²) in [5, 5.41) is 0. The lowest BCUT2D eigenvalue weighted by Gasteiger charge is -2.35. The minimum absolute atomic E-state index is 0.194. The lowest BCUT2D eigenvalue weighted by Crippen LogP contribution is -2.29. The molecule has 0 saturated heterocycles. The molecule has 7 rings (SSSR count). The van der Waals surface area contributed by atoms with Gasteiger partial charge in [-0.1, -0.05) is 336 Å². The van der Waals surface area contributed by atoms with E-state index in [0.29, 0.717) is 22.3 Å². The summed E-state index contributed by atoms with van der Waals surface area (Å²) in [6.45, 7) is 9.19. The van der Waals surface area contributed by atoms with Crippen LogP contribution in [0.5, 0.6) is 0 Å². The Morgan fingerprint density at radius 3 is 0.849 bits per heavy atom. The first-order chi connectivity index (χ1) is 42.3. The van der Waals surface area contributed by atoms with Crippen molar-refractivity contribution in [1.29, 1.82) is 0 Å². The Bertz CT molecular complexity index is 2460. The Labute approximate surface area is 554 Å². The van der Waals surface area contributed by atoms with Gasteiger partial charge in [-0.3, -0.25) is 0 Å². The lowest BCUT2D eigenvalue weighted by atomic mass is 9.68. The maximum absolute atomic E-state index is 19.9. The molecule has 2 aromatic heterocycles. The van der Waals surface area contributed by atoms with Crippen LogP contribution >= 0.6 is 62.0 Å². The molecule has 0 bridgehead atoms. The summed E-state index contributed by atoms with van der Waals surface area (Å²) in [7, 11) is 0. The molecule has 2 aliphatic rings. The third kappa shape index (κ3) is 19.7. The van der Waals surface area contributed by atoms with Crippen molar-refractivity contribution in [2.75, 3.05) is 0 Å². The van der Waals surface area contributed by atoms with Gasteiger partial charge in [0.25, 0.3) is 0 Å². The number of aromatic nitrogens is 4. The molecule has 5 aromatic rings. The molecule has 0 aliphatic heterocycles. The fourth-order valence-electron chi connectivity index (χ4n) is 15.8. The first-order valence-electron chi connectivity index (χ1n) is 36.8. The largest absolute Gasteiger partial charge is 0.206 e. The van der Waals surface area contributed by atoms with Crippen molar-refractivity contribution in [3.63, 3.8) is 0 Å². The van der Waals surface area contributed by atoms with Gasteiger partial charge in [0.2, 0.25) is 0 Å². The SMILES string of the molecule is CCCCCCCCCCCCCCC1(CCCCCCCCCCCCCC)c2cc(Br)c3nsnc3c2-c2c(F)c3c(c(F)c21)-c1c(cc(I)c2nsnc12)C3(CCCCCCCCCCCCCC)CCCCCCCCCCCCCC. The van der Waals surface area contributed by atoms with Gasteiger partial charge in [-0.2, -0.15) is 17.5 Å². The van der Waals surface area contributed by atoms with Gasteiger partial charge in [-0.05, 0) is 87.5 Å². The van der Waals surface area contributed by atoms with Crippen LogP contribution in [-0.4, -0.2) is 17.5 Å². The van der Waals surface area contributed by atoms with Crippen LogP contribution in [0, 0.1) is 15.2 Å². The normalized spacial score (nSPS) is 13.9. The third-order valence-electron chi connectivity index (χ3n) is 20.7. The summed E-state index contributed by atoms with van der Waals surface area (Å²) in [5.74, 6) is -0.387. The first kappa shape index (κ1) is 71.8. The molecule has 86 heavy (non-hydrogen) atoms. The minimum atomic E-state index is -0.707.